The lowest BCUT2D eigenvalue weighted by molar-refractivity contribution is 0.0344. The molecule has 1 saturated heterocycles. The highest BCUT2D eigenvalue weighted by Gasteiger charge is 2.43. The van der Waals surface area contributed by atoms with Gasteiger partial charge in [0.25, 0.3) is 0 Å². The average molecular weight is 252 g/mol. The Morgan fingerprint density at radius 3 is 2.33 bits per heavy atom. The van der Waals surface area contributed by atoms with Crippen molar-refractivity contribution in [2.24, 2.45) is 16.7 Å². The van der Waals surface area contributed by atoms with E-state index in [1.165, 1.54) is 25.9 Å². The van der Waals surface area contributed by atoms with E-state index in [2.05, 4.69) is 45.7 Å². The van der Waals surface area contributed by atoms with Crippen LogP contribution in [-0.2, 0) is 4.79 Å². The van der Waals surface area contributed by atoms with Gasteiger partial charge in [0, 0.05) is 0 Å². The summed E-state index contributed by atoms with van der Waals surface area (Å²) in [5.41, 5.74) is 0.817. The van der Waals surface area contributed by atoms with Gasteiger partial charge in [0.2, 0.25) is 6.08 Å². The first-order chi connectivity index (χ1) is 8.33. The maximum atomic E-state index is 8.35. The summed E-state index contributed by atoms with van der Waals surface area (Å²) in [7, 11) is 0. The van der Waals surface area contributed by atoms with Gasteiger partial charge in [-0.3, -0.25) is 0 Å². The van der Waals surface area contributed by atoms with Crippen LogP contribution in [0.4, 0.5) is 0 Å². The summed E-state index contributed by atoms with van der Waals surface area (Å²) in [5.74, 6) is 0.831. The van der Waals surface area contributed by atoms with Crippen LogP contribution in [-0.4, -0.2) is 19.2 Å². The molecule has 0 aromatic rings. The first-order valence-corrected chi connectivity index (χ1v) is 6.69. The molecule has 18 heavy (non-hydrogen) atoms. The molecule has 2 atom stereocenters. The van der Waals surface area contributed by atoms with Crippen LogP contribution in [0.3, 0.4) is 0 Å². The summed E-state index contributed by atoms with van der Waals surface area (Å²) in [6.45, 7) is 15.9. The molecule has 0 spiro atoms. The second kappa shape index (κ2) is 7.50. The molecule has 0 aliphatic carbocycles. The van der Waals surface area contributed by atoms with Gasteiger partial charge >= 0.3 is 0 Å². The Morgan fingerprint density at radius 2 is 2.00 bits per heavy atom. The quantitative estimate of drug-likeness (QED) is 0.457. The smallest absolute Gasteiger partial charge is 0.231 e. The standard InChI is InChI=1S/C14H27N.CHNO/c1-6-7-9-14(5,13(2,3)4)12-8-10-15-11-12;2-1-3/h6,12,15H,1,7-11H2,2-5H3;2H. The number of rotatable bonds is 4. The third-order valence-electron chi connectivity index (χ3n) is 4.54. The van der Waals surface area contributed by atoms with Gasteiger partial charge in [-0.2, -0.15) is 0 Å². The van der Waals surface area contributed by atoms with Gasteiger partial charge in [-0.1, -0.05) is 33.8 Å². The summed E-state index contributed by atoms with van der Waals surface area (Å²) in [6, 6.07) is 0. The Balaban J connectivity index is 0.000000873. The molecule has 0 aromatic heterocycles. The number of carbonyl (C=O) groups excluding carboxylic acids is 1. The molecule has 3 heteroatoms. The molecule has 2 N–H and O–H groups in total. The molecule has 1 fully saturated rings. The fourth-order valence-electron chi connectivity index (χ4n) is 2.79. The Kier molecular flexibility index (Phi) is 7.12. The van der Waals surface area contributed by atoms with Gasteiger partial charge in [-0.25, -0.2) is 10.2 Å². The van der Waals surface area contributed by atoms with Crippen LogP contribution in [0.2, 0.25) is 0 Å². The molecule has 0 bridgehead atoms. The largest absolute Gasteiger partial charge is 0.316 e. The van der Waals surface area contributed by atoms with E-state index in [1.54, 1.807) is 0 Å². The zero-order chi connectivity index (χ0) is 14.2. The third kappa shape index (κ3) is 4.40. The van der Waals surface area contributed by atoms with E-state index in [1.807, 2.05) is 0 Å². The summed E-state index contributed by atoms with van der Waals surface area (Å²) in [6.07, 6.45) is 6.56. The maximum Gasteiger partial charge on any atom is 0.231 e. The topological polar surface area (TPSA) is 53.0 Å². The predicted octanol–water partition coefficient (Wildman–Crippen LogP) is 3.52. The second-order valence-electron chi connectivity index (χ2n) is 6.29. The van der Waals surface area contributed by atoms with E-state index in [9.17, 15) is 0 Å². The van der Waals surface area contributed by atoms with Crippen LogP contribution < -0.4 is 5.32 Å². The zero-order valence-corrected chi connectivity index (χ0v) is 12.3. The predicted molar refractivity (Wildman–Crippen MR) is 76.4 cm³/mol. The monoisotopic (exact) mass is 252 g/mol. The van der Waals surface area contributed by atoms with E-state index in [0.29, 0.717) is 10.8 Å². The first-order valence-electron chi connectivity index (χ1n) is 6.69. The Labute approximate surface area is 112 Å². The molecule has 3 nitrogen and oxygen atoms in total. The highest BCUT2D eigenvalue weighted by atomic mass is 16.1. The zero-order valence-electron chi connectivity index (χ0n) is 12.3. The molecule has 0 saturated carbocycles. The normalized spacial score (nSPS) is 22.3. The van der Waals surface area contributed by atoms with Gasteiger partial charge < -0.3 is 5.32 Å². The summed E-state index contributed by atoms with van der Waals surface area (Å²) in [4.78, 5) is 8.35. The Hall–Kier alpha value is -0.920. The van der Waals surface area contributed by atoms with Gasteiger partial charge in [-0.15, -0.1) is 6.58 Å². The van der Waals surface area contributed by atoms with Crippen molar-refractivity contribution in [1.29, 1.82) is 5.41 Å². The molecule has 2 unspecified atom stereocenters. The molecular weight excluding hydrogens is 224 g/mol. The van der Waals surface area contributed by atoms with Gasteiger partial charge in [0.1, 0.15) is 0 Å². The van der Waals surface area contributed by atoms with Crippen LogP contribution in [0.25, 0.3) is 0 Å². The van der Waals surface area contributed by atoms with Crippen LogP contribution >= 0.6 is 0 Å². The number of hydrogen-bond acceptors (Lipinski definition) is 3. The SMILES string of the molecule is C=CCCC(C)(C1CCNC1)C(C)(C)C.N=C=O. The molecule has 0 radical (unpaired) electrons. The van der Waals surface area contributed by atoms with E-state index in [-0.39, 0.29) is 0 Å². The van der Waals surface area contributed by atoms with Crippen molar-refractivity contribution < 1.29 is 4.79 Å². The van der Waals surface area contributed by atoms with Crippen molar-refractivity contribution >= 4 is 6.08 Å². The first kappa shape index (κ1) is 17.1. The number of nitrogens with one attached hydrogen (secondary N) is 2. The molecule has 0 aromatic carbocycles. The number of hydrogen-bond donors (Lipinski definition) is 2. The van der Waals surface area contributed by atoms with E-state index < -0.39 is 0 Å². The van der Waals surface area contributed by atoms with Gasteiger partial charge in [0.15, 0.2) is 0 Å². The lowest BCUT2D eigenvalue weighted by atomic mass is 9.58. The third-order valence-corrected chi connectivity index (χ3v) is 4.54. The molecule has 1 aliphatic rings. The minimum atomic E-state index is 0.382. The minimum absolute atomic E-state index is 0.382. The van der Waals surface area contributed by atoms with Crippen LogP contribution in [0.15, 0.2) is 12.7 Å². The van der Waals surface area contributed by atoms with Crippen molar-refractivity contribution in [2.75, 3.05) is 13.1 Å². The molecule has 0 amide bonds. The van der Waals surface area contributed by atoms with Crippen LogP contribution in [0.1, 0.15) is 47.0 Å². The Morgan fingerprint density at radius 1 is 1.44 bits per heavy atom. The highest BCUT2D eigenvalue weighted by molar-refractivity contribution is 5.26. The second-order valence-corrected chi connectivity index (χ2v) is 6.29. The maximum absolute atomic E-state index is 8.35. The van der Waals surface area contributed by atoms with E-state index >= 15 is 0 Å². The van der Waals surface area contributed by atoms with Crippen molar-refractivity contribution in [1.82, 2.24) is 5.32 Å². The molecule has 1 aliphatic heterocycles. The lowest BCUT2D eigenvalue weighted by Crippen LogP contribution is -2.40. The van der Waals surface area contributed by atoms with Gasteiger partial charge in [0.05, 0.1) is 0 Å². The summed E-state index contributed by atoms with van der Waals surface area (Å²) in [5, 5.41) is 8.90. The number of allylic oxidation sites excluding steroid dienone is 1. The fraction of sp³-hybridized carbons (Fsp3) is 0.800. The van der Waals surface area contributed by atoms with Crippen molar-refractivity contribution in [3.8, 4) is 0 Å². The van der Waals surface area contributed by atoms with Gasteiger partial charge in [-0.05, 0) is 49.1 Å². The van der Waals surface area contributed by atoms with Crippen molar-refractivity contribution in [2.45, 2.75) is 47.0 Å². The van der Waals surface area contributed by atoms with Crippen LogP contribution in [0, 0.1) is 22.2 Å². The molecule has 1 rings (SSSR count). The van der Waals surface area contributed by atoms with Crippen LogP contribution in [0.5, 0.6) is 0 Å². The lowest BCUT2D eigenvalue weighted by Gasteiger charge is -2.46. The summed E-state index contributed by atoms with van der Waals surface area (Å²) >= 11 is 0. The highest BCUT2D eigenvalue weighted by Crippen LogP contribution is 2.49. The molecular formula is C15H28N2O. The summed E-state index contributed by atoms with van der Waals surface area (Å²) < 4.78 is 0. The van der Waals surface area contributed by atoms with Crippen molar-refractivity contribution in [3.63, 3.8) is 0 Å². The molecule has 1 heterocycles. The average Bonchev–Trinajstić information content (AvgIpc) is 2.79. The van der Waals surface area contributed by atoms with Crippen molar-refractivity contribution in [3.05, 3.63) is 12.7 Å². The van der Waals surface area contributed by atoms with E-state index in [4.69, 9.17) is 10.2 Å². The number of isocyanates is 1. The minimum Gasteiger partial charge on any atom is -0.316 e. The van der Waals surface area contributed by atoms with E-state index in [0.717, 1.165) is 18.4 Å². The Bertz CT molecular complexity index is 281. The fourth-order valence-corrected chi connectivity index (χ4v) is 2.79. The molecule has 104 valence electrons.